The topological polar surface area (TPSA) is 96.5 Å². The normalized spacial score (nSPS) is 30.0. The molecule has 2 saturated carbocycles. The van der Waals surface area contributed by atoms with Crippen molar-refractivity contribution in [2.75, 3.05) is 0 Å². The van der Waals surface area contributed by atoms with Crippen molar-refractivity contribution < 1.29 is 62.0 Å². The molecule has 2 aliphatic carbocycles. The van der Waals surface area contributed by atoms with Gasteiger partial charge in [-0.1, -0.05) is 0 Å². The van der Waals surface area contributed by atoms with E-state index in [1.807, 2.05) is 6.92 Å². The SMILES string of the molecule is CCCCC1(OC(=O)C(I)(CCCCC2(OC(=O)C(C)(I)C3N[I-]3)CCCC2)C2N[I-]2)CCCCC1. The van der Waals surface area contributed by atoms with Crippen LogP contribution < -0.4 is 50.0 Å². The Balaban J connectivity index is 1.32. The van der Waals surface area contributed by atoms with Crippen molar-refractivity contribution in [2.24, 2.45) is 0 Å². The first kappa shape index (κ1) is 30.7. The van der Waals surface area contributed by atoms with Crippen LogP contribution >= 0.6 is 45.2 Å². The van der Waals surface area contributed by atoms with Gasteiger partial charge in [0.2, 0.25) is 0 Å². The molecule has 2 N–H and O–H groups in total. The first-order valence-electron chi connectivity index (χ1n) is 13.8. The summed E-state index contributed by atoms with van der Waals surface area (Å²) in [5.41, 5.74) is -0.538. The molecule has 2 saturated heterocycles. The fourth-order valence-electron chi connectivity index (χ4n) is 5.80. The van der Waals surface area contributed by atoms with Gasteiger partial charge in [0.1, 0.15) is 0 Å². The number of carbonyl (C=O) groups is 2. The third-order valence-electron chi connectivity index (χ3n) is 8.36. The van der Waals surface area contributed by atoms with E-state index in [2.05, 4.69) is 59.2 Å². The molecule has 0 aromatic heterocycles. The molecule has 0 amide bonds. The van der Waals surface area contributed by atoms with Crippen molar-refractivity contribution in [3.8, 4) is 0 Å². The quantitative estimate of drug-likeness (QED) is 0.0488. The summed E-state index contributed by atoms with van der Waals surface area (Å²) in [5, 5.41) is 0. The molecule has 6 nitrogen and oxygen atoms in total. The Hall–Kier alpha value is 1.78. The molecule has 10 heteroatoms. The molecule has 0 aromatic rings. The Bertz CT molecular complexity index is 778. The van der Waals surface area contributed by atoms with Crippen LogP contribution in [0.25, 0.3) is 0 Å². The summed E-state index contributed by atoms with van der Waals surface area (Å²) in [6, 6.07) is 0. The Morgan fingerprint density at radius 2 is 1.33 bits per heavy atom. The zero-order chi connectivity index (χ0) is 25.9. The second kappa shape index (κ2) is 13.2. The molecule has 36 heavy (non-hydrogen) atoms. The van der Waals surface area contributed by atoms with E-state index in [1.54, 1.807) is 0 Å². The van der Waals surface area contributed by atoms with Crippen LogP contribution in [0.3, 0.4) is 0 Å². The fourth-order valence-corrected chi connectivity index (χ4v) is 12.9. The standard InChI is InChI=1S/C26H42I4N2O4/c1-3-4-12-24(13-6-5-7-14-24)36-22(34)26(28,20-30-32-20)18-11-10-17-25(15-8-9-16-25)35-21(33)23(2,27)19-29-31-19/h19-20,31-32H,3-18H2,1-2H3/q-2. The zero-order valence-corrected chi connectivity index (χ0v) is 30.2. The van der Waals surface area contributed by atoms with Crippen LogP contribution in [-0.4, -0.2) is 38.1 Å². The maximum atomic E-state index is 13.7. The average Bonchev–Trinajstić information content (AvgIpc) is 3.78. The molecule has 0 radical (unpaired) electrons. The molecule has 0 bridgehead atoms. The Morgan fingerprint density at radius 1 is 0.833 bits per heavy atom. The molecule has 0 spiro atoms. The average molecular weight is 954 g/mol. The van der Waals surface area contributed by atoms with Crippen LogP contribution in [0, 0.1) is 0 Å². The van der Waals surface area contributed by atoms with Crippen molar-refractivity contribution in [1.29, 1.82) is 0 Å². The number of rotatable bonds is 14. The second-order valence-corrected chi connectivity index (χ2v) is 20.5. The van der Waals surface area contributed by atoms with Crippen LogP contribution in [-0.2, 0) is 19.1 Å². The number of carbonyl (C=O) groups excluding carboxylic acids is 2. The van der Waals surface area contributed by atoms with Crippen molar-refractivity contribution in [3.63, 3.8) is 0 Å². The van der Waals surface area contributed by atoms with Gasteiger partial charge in [0.05, 0.1) is 0 Å². The first-order valence-corrected chi connectivity index (χ1v) is 20.6. The van der Waals surface area contributed by atoms with Gasteiger partial charge in [-0.05, 0) is 0 Å². The maximum absolute atomic E-state index is 13.7. The van der Waals surface area contributed by atoms with Crippen LogP contribution in [0.15, 0.2) is 0 Å². The molecular weight excluding hydrogens is 912 g/mol. The van der Waals surface area contributed by atoms with E-state index in [-0.39, 0.29) is 66.1 Å². The third kappa shape index (κ3) is 7.74. The van der Waals surface area contributed by atoms with Crippen molar-refractivity contribution >= 4 is 57.1 Å². The van der Waals surface area contributed by atoms with E-state index >= 15 is 0 Å². The first-order chi connectivity index (χ1) is 17.1. The van der Waals surface area contributed by atoms with Crippen LogP contribution in [0.5, 0.6) is 0 Å². The number of hydrogen-bond acceptors (Lipinski definition) is 6. The number of esters is 2. The van der Waals surface area contributed by atoms with Gasteiger partial charge in [-0.3, -0.25) is 0 Å². The van der Waals surface area contributed by atoms with Crippen LogP contribution in [0.1, 0.15) is 117 Å². The third-order valence-corrected chi connectivity index (χ3v) is 18.2. The summed E-state index contributed by atoms with van der Waals surface area (Å²) in [5.74, 6) is -0.0120. The van der Waals surface area contributed by atoms with E-state index in [0.29, 0.717) is 8.10 Å². The van der Waals surface area contributed by atoms with Crippen LogP contribution in [0.4, 0.5) is 0 Å². The van der Waals surface area contributed by atoms with E-state index in [9.17, 15) is 9.59 Å². The predicted molar refractivity (Wildman–Crippen MR) is 150 cm³/mol. The van der Waals surface area contributed by atoms with Gasteiger partial charge < -0.3 is 0 Å². The van der Waals surface area contributed by atoms with E-state index in [1.165, 1.54) is 19.3 Å². The summed E-state index contributed by atoms with van der Waals surface area (Å²) in [6.07, 6.45) is 16.9. The van der Waals surface area contributed by atoms with Crippen molar-refractivity contribution in [2.45, 2.75) is 143 Å². The summed E-state index contributed by atoms with van der Waals surface area (Å²) >= 11 is 4.58. The Labute approximate surface area is 265 Å². The zero-order valence-electron chi connectivity index (χ0n) is 21.6. The molecule has 4 fully saturated rings. The Kier molecular flexibility index (Phi) is 11.2. The molecule has 4 atom stereocenters. The van der Waals surface area contributed by atoms with Gasteiger partial charge in [-0.2, -0.15) is 0 Å². The minimum absolute atomic E-state index is 0.0266. The van der Waals surface area contributed by atoms with E-state index in [4.69, 9.17) is 9.47 Å². The summed E-state index contributed by atoms with van der Waals surface area (Å²) in [6.45, 7) is 4.24. The van der Waals surface area contributed by atoms with Gasteiger partial charge in [0, 0.05) is 0 Å². The summed E-state index contributed by atoms with van der Waals surface area (Å²) in [4.78, 5) is 26.8. The molecule has 2 aliphatic heterocycles. The minimum atomic E-state index is -0.455. The molecule has 210 valence electrons. The molecule has 0 aromatic carbocycles. The molecule has 4 aliphatic rings. The molecular formula is C26H42I4N2O4-2. The van der Waals surface area contributed by atoms with Crippen molar-refractivity contribution in [3.05, 3.63) is 0 Å². The number of unbranched alkanes of at least 4 members (excludes halogenated alkanes) is 2. The number of halogens is 4. The molecule has 2 heterocycles. The number of ether oxygens (including phenoxy) is 2. The predicted octanol–water partition coefficient (Wildman–Crippen LogP) is 0.0732. The molecule has 4 unspecified atom stereocenters. The van der Waals surface area contributed by atoms with Crippen LogP contribution in [0.2, 0.25) is 0 Å². The molecule has 4 rings (SSSR count). The second-order valence-electron chi connectivity index (χ2n) is 11.3. The van der Waals surface area contributed by atoms with Gasteiger partial charge in [0.15, 0.2) is 0 Å². The van der Waals surface area contributed by atoms with Gasteiger partial charge in [0.25, 0.3) is 0 Å². The number of hydrogen-bond donors (Lipinski definition) is 2. The number of nitrogens with one attached hydrogen (secondary N) is 2. The Morgan fingerprint density at radius 3 is 1.86 bits per heavy atom. The number of alkyl halides is 4. The summed E-state index contributed by atoms with van der Waals surface area (Å²) < 4.78 is 19.4. The van der Waals surface area contributed by atoms with Gasteiger partial charge in [-0.15, -0.1) is 0 Å². The van der Waals surface area contributed by atoms with Crippen molar-refractivity contribution in [1.82, 2.24) is 7.06 Å². The fraction of sp³-hybridized carbons (Fsp3) is 0.923. The van der Waals surface area contributed by atoms with E-state index in [0.717, 1.165) is 83.5 Å². The van der Waals surface area contributed by atoms with E-state index < -0.39 is 6.84 Å². The van der Waals surface area contributed by atoms with Gasteiger partial charge in [-0.25, -0.2) is 0 Å². The monoisotopic (exact) mass is 954 g/mol. The summed E-state index contributed by atoms with van der Waals surface area (Å²) in [7, 11) is 0. The van der Waals surface area contributed by atoms with Gasteiger partial charge >= 0.3 is 269 Å².